The fourth-order valence-corrected chi connectivity index (χ4v) is 5.66. The Labute approximate surface area is 325 Å². The molecule has 0 saturated carbocycles. The van der Waals surface area contributed by atoms with Gasteiger partial charge in [-0.05, 0) is 84.2 Å². The predicted molar refractivity (Wildman–Crippen MR) is 203 cm³/mol. The van der Waals surface area contributed by atoms with E-state index in [0.29, 0.717) is 58.2 Å². The zero-order valence-corrected chi connectivity index (χ0v) is 31.9. The Morgan fingerprint density at radius 1 is 0.732 bits per heavy atom. The van der Waals surface area contributed by atoms with Gasteiger partial charge in [0.1, 0.15) is 30.2 Å². The third kappa shape index (κ3) is 18.5. The fraction of sp³-hybridized carbons (Fsp3) is 0.727. The molecule has 0 bridgehead atoms. The number of amides is 7. The van der Waals surface area contributed by atoms with Gasteiger partial charge in [-0.1, -0.05) is 0 Å². The second-order valence-electron chi connectivity index (χ2n) is 13.3. The van der Waals surface area contributed by atoms with Crippen LogP contribution in [0.1, 0.15) is 71.1 Å². The maximum Gasteiger partial charge on any atom is 0.326 e. The SMILES string of the molecule is C[C@H](N)C(=O)N1CCC[C@H]1C(=O)N[C@@H](CCCCN)C(=O)N[C@@H](CCCN=C(N)N)C(=O)NCC(=O)N[C@@H](CO)C(=O)NCC(=O)N[C@@H](CCCCN)C(=O)O. The zero-order chi connectivity index (χ0) is 42.2. The Balaban J connectivity index is 2.94. The lowest BCUT2D eigenvalue weighted by atomic mass is 10.1. The number of carboxylic acid groups (broad SMARTS) is 1. The third-order valence-corrected chi connectivity index (χ3v) is 8.65. The standard InChI is InChI=1S/C33H61N13O10/c1-19(36)31(54)46-15-7-11-24(46)30(53)45-21(8-2-4-12-34)29(52)44-20(10-6-14-39-33(37)38)27(50)40-17-26(49)43-23(18-47)28(51)41-16-25(48)42-22(32(55)56)9-3-5-13-35/h19-24,47H,2-18,34-36H2,1H3,(H,40,50)(H,41,51)(H,42,48)(H,43,49)(H,44,52)(H,45,53)(H,55,56)(H4,37,38,39)/t19-,20-,21-,22-,23-,24-/m0/s1. The second kappa shape index (κ2) is 26.6. The molecule has 7 amide bonds. The molecule has 0 aliphatic carbocycles. The van der Waals surface area contributed by atoms with Crippen LogP contribution in [0.25, 0.3) is 0 Å². The molecule has 1 rings (SSSR count). The number of nitrogens with two attached hydrogens (primary N) is 5. The maximum atomic E-state index is 13.6. The minimum Gasteiger partial charge on any atom is -0.480 e. The molecule has 0 aromatic heterocycles. The number of aliphatic hydroxyl groups is 1. The van der Waals surface area contributed by atoms with Gasteiger partial charge in [0.2, 0.25) is 41.4 Å². The molecule has 56 heavy (non-hydrogen) atoms. The number of aliphatic imine (C=N–C) groups is 1. The second-order valence-corrected chi connectivity index (χ2v) is 13.3. The van der Waals surface area contributed by atoms with Crippen LogP contribution >= 0.6 is 0 Å². The Morgan fingerprint density at radius 2 is 1.25 bits per heavy atom. The third-order valence-electron chi connectivity index (χ3n) is 8.65. The molecule has 0 spiro atoms. The molecule has 23 heteroatoms. The van der Waals surface area contributed by atoms with Crippen LogP contribution in [0.2, 0.25) is 0 Å². The smallest absolute Gasteiger partial charge is 0.326 e. The number of aliphatic hydroxyl groups excluding tert-OH is 1. The molecule has 0 unspecified atom stereocenters. The monoisotopic (exact) mass is 799 g/mol. The van der Waals surface area contributed by atoms with Gasteiger partial charge in [0.05, 0.1) is 25.7 Å². The number of likely N-dealkylation sites (tertiary alicyclic amines) is 1. The van der Waals surface area contributed by atoms with Gasteiger partial charge in [0.25, 0.3) is 0 Å². The summed E-state index contributed by atoms with van der Waals surface area (Å²) in [5.41, 5.74) is 27.6. The highest BCUT2D eigenvalue weighted by molar-refractivity contribution is 5.96. The number of nitrogens with one attached hydrogen (secondary N) is 6. The van der Waals surface area contributed by atoms with E-state index in [-0.39, 0.29) is 38.2 Å². The summed E-state index contributed by atoms with van der Waals surface area (Å²) in [4.78, 5) is 107. The molecule has 0 aromatic rings. The van der Waals surface area contributed by atoms with Crippen molar-refractivity contribution in [1.29, 1.82) is 0 Å². The van der Waals surface area contributed by atoms with E-state index in [1.54, 1.807) is 0 Å². The zero-order valence-electron chi connectivity index (χ0n) is 31.9. The summed E-state index contributed by atoms with van der Waals surface area (Å²) < 4.78 is 0. The van der Waals surface area contributed by atoms with E-state index in [1.807, 2.05) is 0 Å². The molecule has 1 fully saturated rings. The van der Waals surface area contributed by atoms with Crippen LogP contribution in [-0.2, 0) is 38.4 Å². The van der Waals surface area contributed by atoms with Crippen LogP contribution < -0.4 is 60.6 Å². The van der Waals surface area contributed by atoms with Crippen molar-refractivity contribution in [3.8, 4) is 0 Å². The number of carbonyl (C=O) groups excluding carboxylic acids is 7. The van der Waals surface area contributed by atoms with Gasteiger partial charge < -0.3 is 75.7 Å². The van der Waals surface area contributed by atoms with E-state index in [9.17, 15) is 48.6 Å². The topological polar surface area (TPSA) is 395 Å². The Kier molecular flexibility index (Phi) is 23.3. The molecule has 0 aromatic carbocycles. The number of rotatable bonds is 27. The molecule has 23 nitrogen and oxygen atoms in total. The summed E-state index contributed by atoms with van der Waals surface area (Å²) in [6.45, 7) is 0.390. The van der Waals surface area contributed by atoms with Gasteiger partial charge in [-0.25, -0.2) is 4.79 Å². The van der Waals surface area contributed by atoms with E-state index in [1.165, 1.54) is 11.8 Å². The number of unbranched alkanes of at least 4 members (excludes halogenated alkanes) is 2. The van der Waals surface area contributed by atoms with Gasteiger partial charge in [-0.3, -0.25) is 38.6 Å². The summed E-state index contributed by atoms with van der Waals surface area (Å²) >= 11 is 0. The number of carboxylic acids is 1. The van der Waals surface area contributed by atoms with E-state index in [4.69, 9.17) is 28.7 Å². The Bertz CT molecular complexity index is 1360. The van der Waals surface area contributed by atoms with Crippen molar-refractivity contribution in [2.75, 3.05) is 45.9 Å². The highest BCUT2D eigenvalue weighted by Gasteiger charge is 2.37. The molecule has 6 atom stereocenters. The van der Waals surface area contributed by atoms with Crippen LogP contribution in [0, 0.1) is 0 Å². The average Bonchev–Trinajstić information content (AvgIpc) is 3.65. The number of hydrogen-bond acceptors (Lipinski definition) is 13. The quantitative estimate of drug-likeness (QED) is 0.0209. The first-order chi connectivity index (χ1) is 26.6. The number of guanidine groups is 1. The minimum absolute atomic E-state index is 0.00176. The van der Waals surface area contributed by atoms with Gasteiger partial charge >= 0.3 is 5.97 Å². The molecule has 1 heterocycles. The number of nitrogens with zero attached hydrogens (tertiary/aromatic N) is 2. The molecule has 1 saturated heterocycles. The largest absolute Gasteiger partial charge is 0.480 e. The number of aliphatic carboxylic acids is 1. The van der Waals surface area contributed by atoms with Crippen LogP contribution in [-0.4, -0.2) is 151 Å². The minimum atomic E-state index is -1.54. The first kappa shape index (κ1) is 48.9. The van der Waals surface area contributed by atoms with Crippen LogP contribution in [0.15, 0.2) is 4.99 Å². The van der Waals surface area contributed by atoms with E-state index >= 15 is 0 Å². The van der Waals surface area contributed by atoms with Gasteiger partial charge in [0, 0.05) is 13.1 Å². The highest BCUT2D eigenvalue weighted by atomic mass is 16.4. The van der Waals surface area contributed by atoms with Crippen molar-refractivity contribution in [3.05, 3.63) is 0 Å². The summed E-state index contributed by atoms with van der Waals surface area (Å²) in [5, 5.41) is 33.4. The van der Waals surface area contributed by atoms with Gasteiger partial charge in [-0.2, -0.15) is 0 Å². The van der Waals surface area contributed by atoms with Crippen molar-refractivity contribution < 1.29 is 48.6 Å². The molecule has 0 radical (unpaired) electrons. The fourth-order valence-electron chi connectivity index (χ4n) is 5.66. The van der Waals surface area contributed by atoms with Crippen LogP contribution in [0.3, 0.4) is 0 Å². The summed E-state index contributed by atoms with van der Waals surface area (Å²) in [7, 11) is 0. The molecule has 18 N–H and O–H groups in total. The van der Waals surface area contributed by atoms with E-state index in [2.05, 4.69) is 36.9 Å². The predicted octanol–water partition coefficient (Wildman–Crippen LogP) is -6.12. The lowest BCUT2D eigenvalue weighted by Crippen LogP contribution is -2.57. The van der Waals surface area contributed by atoms with Crippen LogP contribution in [0.4, 0.5) is 0 Å². The van der Waals surface area contributed by atoms with Crippen molar-refractivity contribution in [1.82, 2.24) is 36.8 Å². The number of carbonyl (C=O) groups is 8. The molecule has 1 aliphatic rings. The molecule has 318 valence electrons. The summed E-state index contributed by atoms with van der Waals surface area (Å²) in [5.74, 6) is -6.63. The summed E-state index contributed by atoms with van der Waals surface area (Å²) in [6.07, 6.45) is 3.43. The highest BCUT2D eigenvalue weighted by Crippen LogP contribution is 2.19. The van der Waals surface area contributed by atoms with E-state index in [0.717, 1.165) is 0 Å². The van der Waals surface area contributed by atoms with Gasteiger partial charge in [0.15, 0.2) is 5.96 Å². The molecule has 1 aliphatic heterocycles. The lowest BCUT2D eigenvalue weighted by Gasteiger charge is -2.28. The number of hydrogen-bond donors (Lipinski definition) is 13. The first-order valence-corrected chi connectivity index (χ1v) is 18.7. The Hall–Kier alpha value is -5.13. The van der Waals surface area contributed by atoms with Crippen molar-refractivity contribution in [2.24, 2.45) is 33.7 Å². The maximum absolute atomic E-state index is 13.6. The lowest BCUT2D eigenvalue weighted by molar-refractivity contribution is -0.142. The van der Waals surface area contributed by atoms with Crippen molar-refractivity contribution >= 4 is 53.3 Å². The first-order valence-electron chi connectivity index (χ1n) is 18.7. The summed E-state index contributed by atoms with van der Waals surface area (Å²) in [6, 6.07) is -6.77. The molecular weight excluding hydrogens is 738 g/mol. The Morgan fingerprint density at radius 3 is 1.77 bits per heavy atom. The van der Waals surface area contributed by atoms with Crippen molar-refractivity contribution in [2.45, 2.75) is 107 Å². The molecular formula is C33H61N13O10. The van der Waals surface area contributed by atoms with Crippen molar-refractivity contribution in [3.63, 3.8) is 0 Å². The van der Waals surface area contributed by atoms with E-state index < -0.39 is 103 Å². The van der Waals surface area contributed by atoms with Gasteiger partial charge in [-0.15, -0.1) is 0 Å². The normalized spacial score (nSPS) is 16.2. The van der Waals surface area contributed by atoms with Crippen LogP contribution in [0.5, 0.6) is 0 Å². The average molecular weight is 800 g/mol.